The van der Waals surface area contributed by atoms with Crippen LogP contribution >= 0.6 is 11.9 Å². The second-order valence-corrected chi connectivity index (χ2v) is 5.70. The van der Waals surface area contributed by atoms with E-state index in [0.717, 1.165) is 5.92 Å². The zero-order valence-corrected chi connectivity index (χ0v) is 10.5. The molecule has 2 unspecified atom stereocenters. The van der Waals surface area contributed by atoms with Gasteiger partial charge in [-0.15, -0.1) is 0 Å². The van der Waals surface area contributed by atoms with E-state index in [1.165, 1.54) is 26.4 Å². The summed E-state index contributed by atoms with van der Waals surface area (Å²) in [7, 11) is 1.41. The van der Waals surface area contributed by atoms with Gasteiger partial charge in [0.15, 0.2) is 0 Å². The van der Waals surface area contributed by atoms with Crippen LogP contribution in [0.4, 0.5) is 0 Å². The van der Waals surface area contributed by atoms with Crippen LogP contribution in [0.1, 0.15) is 36.5 Å². The first-order valence-electron chi connectivity index (χ1n) is 5.62. The average molecular weight is 239 g/mol. The Bertz CT molecular complexity index is 375. The van der Waals surface area contributed by atoms with Gasteiger partial charge in [0.05, 0.1) is 12.7 Å². The lowest BCUT2D eigenvalue weighted by Crippen LogP contribution is -2.01. The van der Waals surface area contributed by atoms with Gasteiger partial charge in [-0.2, -0.15) is 0 Å². The first-order valence-corrected chi connectivity index (χ1v) is 6.46. The number of esters is 1. The van der Waals surface area contributed by atoms with Crippen LogP contribution in [0, 0.1) is 5.92 Å². The third-order valence-corrected chi connectivity index (χ3v) is 4.20. The predicted octanol–water partition coefficient (Wildman–Crippen LogP) is 2.96. The molecule has 1 aliphatic carbocycles. The first kappa shape index (κ1) is 11.6. The second-order valence-electron chi connectivity index (χ2n) is 4.40. The van der Waals surface area contributed by atoms with Crippen molar-refractivity contribution in [1.29, 1.82) is 0 Å². The average Bonchev–Trinajstić information content (AvgIpc) is 2.87. The fourth-order valence-electron chi connectivity index (χ4n) is 2.10. The standard InChI is InChI=1S/C12H17NO2S/c1-9-3-4-11(7-9)16-13-6-5-10(8-13)12(14)15-2/h5-6,8-9,11H,3-4,7H2,1-2H3. The summed E-state index contributed by atoms with van der Waals surface area (Å²) in [4.78, 5) is 11.3. The maximum absolute atomic E-state index is 11.3. The van der Waals surface area contributed by atoms with Crippen LogP contribution in [0.3, 0.4) is 0 Å². The van der Waals surface area contributed by atoms with E-state index in [1.807, 2.05) is 28.3 Å². The Labute approximate surface area is 100 Å². The molecule has 1 fully saturated rings. The lowest BCUT2D eigenvalue weighted by molar-refractivity contribution is 0.0601. The molecule has 1 aromatic rings. The van der Waals surface area contributed by atoms with Crippen molar-refractivity contribution < 1.29 is 9.53 Å². The highest BCUT2D eigenvalue weighted by Crippen LogP contribution is 2.34. The Morgan fingerprint density at radius 2 is 2.38 bits per heavy atom. The van der Waals surface area contributed by atoms with Crippen LogP contribution in [0.2, 0.25) is 0 Å². The summed E-state index contributed by atoms with van der Waals surface area (Å²) in [6.07, 6.45) is 7.65. The lowest BCUT2D eigenvalue weighted by Gasteiger charge is -2.09. The van der Waals surface area contributed by atoms with Gasteiger partial charge in [-0.1, -0.05) is 6.92 Å². The zero-order chi connectivity index (χ0) is 11.5. The molecule has 2 atom stereocenters. The van der Waals surface area contributed by atoms with Crippen molar-refractivity contribution >= 4 is 17.9 Å². The summed E-state index contributed by atoms with van der Waals surface area (Å²) in [6, 6.07) is 1.80. The van der Waals surface area contributed by atoms with Crippen LogP contribution in [0.25, 0.3) is 0 Å². The summed E-state index contributed by atoms with van der Waals surface area (Å²) in [5, 5.41) is 0.688. The molecule has 3 nitrogen and oxygen atoms in total. The fraction of sp³-hybridized carbons (Fsp3) is 0.583. The largest absolute Gasteiger partial charge is 0.465 e. The van der Waals surface area contributed by atoms with Gasteiger partial charge in [-0.3, -0.25) is 3.97 Å². The third kappa shape index (κ3) is 2.61. The van der Waals surface area contributed by atoms with Gasteiger partial charge >= 0.3 is 5.97 Å². The van der Waals surface area contributed by atoms with Gasteiger partial charge in [0.1, 0.15) is 0 Å². The summed E-state index contributed by atoms with van der Waals surface area (Å²) in [5.41, 5.74) is 0.626. The highest BCUT2D eigenvalue weighted by atomic mass is 32.2. The molecule has 1 aliphatic rings. The van der Waals surface area contributed by atoms with Crippen molar-refractivity contribution in [3.8, 4) is 0 Å². The Morgan fingerprint density at radius 1 is 1.56 bits per heavy atom. The molecular weight excluding hydrogens is 222 g/mol. The van der Waals surface area contributed by atoms with Gasteiger partial charge in [0, 0.05) is 17.6 Å². The predicted molar refractivity (Wildman–Crippen MR) is 65.6 cm³/mol. The normalized spacial score (nSPS) is 24.6. The monoisotopic (exact) mass is 239 g/mol. The smallest absolute Gasteiger partial charge is 0.339 e. The molecule has 0 bridgehead atoms. The maximum atomic E-state index is 11.3. The van der Waals surface area contributed by atoms with E-state index in [2.05, 4.69) is 11.7 Å². The fourth-order valence-corrected chi connectivity index (χ4v) is 3.41. The van der Waals surface area contributed by atoms with E-state index in [0.29, 0.717) is 10.8 Å². The van der Waals surface area contributed by atoms with Crippen molar-refractivity contribution in [2.24, 2.45) is 5.92 Å². The molecule has 1 aromatic heterocycles. The summed E-state index contributed by atoms with van der Waals surface area (Å²) in [6.45, 7) is 2.30. The molecule has 4 heteroatoms. The molecule has 0 amide bonds. The van der Waals surface area contributed by atoms with Crippen molar-refractivity contribution in [2.45, 2.75) is 31.4 Å². The number of ether oxygens (including phenoxy) is 1. The molecule has 2 rings (SSSR count). The molecule has 0 radical (unpaired) electrons. The van der Waals surface area contributed by atoms with E-state index in [9.17, 15) is 4.79 Å². The Morgan fingerprint density at radius 3 is 3.00 bits per heavy atom. The first-order chi connectivity index (χ1) is 7.69. The summed E-state index contributed by atoms with van der Waals surface area (Å²) in [5.74, 6) is 0.576. The minimum atomic E-state index is -0.265. The molecule has 16 heavy (non-hydrogen) atoms. The van der Waals surface area contributed by atoms with Gasteiger partial charge in [0.2, 0.25) is 0 Å². The number of hydrogen-bond acceptors (Lipinski definition) is 3. The minimum Gasteiger partial charge on any atom is -0.465 e. The number of hydrogen-bond donors (Lipinski definition) is 0. The highest BCUT2D eigenvalue weighted by molar-refractivity contribution is 7.98. The van der Waals surface area contributed by atoms with Gasteiger partial charge in [-0.05, 0) is 43.2 Å². The van der Waals surface area contributed by atoms with Gasteiger partial charge in [0.25, 0.3) is 0 Å². The Balaban J connectivity index is 1.95. The van der Waals surface area contributed by atoms with E-state index in [4.69, 9.17) is 0 Å². The topological polar surface area (TPSA) is 31.2 Å². The van der Waals surface area contributed by atoms with Crippen LogP contribution in [-0.4, -0.2) is 22.3 Å². The molecule has 0 aromatic carbocycles. The van der Waals surface area contributed by atoms with E-state index < -0.39 is 0 Å². The molecular formula is C12H17NO2S. The van der Waals surface area contributed by atoms with E-state index in [-0.39, 0.29) is 5.97 Å². The van der Waals surface area contributed by atoms with Crippen molar-refractivity contribution in [3.63, 3.8) is 0 Å². The number of carbonyl (C=O) groups is 1. The third-order valence-electron chi connectivity index (χ3n) is 3.01. The van der Waals surface area contributed by atoms with Crippen molar-refractivity contribution in [3.05, 3.63) is 24.0 Å². The molecule has 1 saturated carbocycles. The van der Waals surface area contributed by atoms with Crippen LogP contribution < -0.4 is 0 Å². The maximum Gasteiger partial charge on any atom is 0.339 e. The second kappa shape index (κ2) is 4.95. The van der Waals surface area contributed by atoms with Crippen molar-refractivity contribution in [2.75, 3.05) is 7.11 Å². The molecule has 0 spiro atoms. The summed E-state index contributed by atoms with van der Waals surface area (Å²) >= 11 is 1.81. The van der Waals surface area contributed by atoms with Crippen LogP contribution in [0.15, 0.2) is 18.5 Å². The number of nitrogens with zero attached hydrogens (tertiary/aromatic N) is 1. The Hall–Kier alpha value is -0.900. The number of aromatic nitrogens is 1. The molecule has 0 aliphatic heterocycles. The van der Waals surface area contributed by atoms with Crippen LogP contribution in [0.5, 0.6) is 0 Å². The highest BCUT2D eigenvalue weighted by Gasteiger charge is 2.22. The lowest BCUT2D eigenvalue weighted by atomic mass is 10.1. The number of rotatable bonds is 3. The van der Waals surface area contributed by atoms with Crippen molar-refractivity contribution in [1.82, 2.24) is 3.97 Å². The number of carbonyl (C=O) groups excluding carboxylic acids is 1. The quantitative estimate of drug-likeness (QED) is 0.760. The van der Waals surface area contributed by atoms with Gasteiger partial charge in [-0.25, -0.2) is 4.79 Å². The molecule has 1 heterocycles. The summed E-state index contributed by atoms with van der Waals surface area (Å²) < 4.78 is 6.70. The Kier molecular flexibility index (Phi) is 3.59. The number of methoxy groups -OCH3 is 1. The van der Waals surface area contributed by atoms with E-state index >= 15 is 0 Å². The van der Waals surface area contributed by atoms with Crippen LogP contribution in [-0.2, 0) is 4.74 Å². The minimum absolute atomic E-state index is 0.265. The molecule has 0 saturated heterocycles. The SMILES string of the molecule is COC(=O)c1ccn(SC2CCC(C)C2)c1. The zero-order valence-electron chi connectivity index (χ0n) is 9.68. The van der Waals surface area contributed by atoms with Gasteiger partial charge < -0.3 is 4.74 Å². The van der Waals surface area contributed by atoms with E-state index in [1.54, 1.807) is 6.07 Å². The molecule has 0 N–H and O–H groups in total. The molecule has 88 valence electrons.